The molecule has 4 fully saturated rings. The van der Waals surface area contributed by atoms with E-state index in [0.29, 0.717) is 140 Å². The number of sulfonamides is 4. The fourth-order valence-corrected chi connectivity index (χ4v) is 17.4. The van der Waals surface area contributed by atoms with Crippen LogP contribution in [0.15, 0.2) is 90.4 Å². The average molecular weight is 1480 g/mol. The maximum atomic E-state index is 12.2. The van der Waals surface area contributed by atoms with Gasteiger partial charge in [0.1, 0.15) is 72.8 Å². The summed E-state index contributed by atoms with van der Waals surface area (Å²) in [6.07, 6.45) is 8.96. The second-order valence-corrected chi connectivity index (χ2v) is 31.6. The van der Waals surface area contributed by atoms with Crippen LogP contribution in [-0.2, 0) is 63.1 Å². The minimum atomic E-state index is -3.58. The third kappa shape index (κ3) is 19.5. The van der Waals surface area contributed by atoms with E-state index in [2.05, 4.69) is 38.9 Å². The van der Waals surface area contributed by atoms with E-state index in [1.54, 1.807) is 99.4 Å². The molecule has 36 heteroatoms. The Morgan fingerprint density at radius 3 is 0.891 bits per heavy atom. The van der Waals surface area contributed by atoms with Gasteiger partial charge in [-0.2, -0.15) is 0 Å². The Bertz CT molecular complexity index is 4190. The van der Waals surface area contributed by atoms with Gasteiger partial charge >= 0.3 is 24.1 Å². The van der Waals surface area contributed by atoms with Crippen molar-refractivity contribution in [2.45, 2.75) is 132 Å². The third-order valence-electron chi connectivity index (χ3n) is 17.6. The zero-order valence-corrected chi connectivity index (χ0v) is 60.2. The second-order valence-electron chi connectivity index (χ2n) is 25.0. The number of urea groups is 4. The van der Waals surface area contributed by atoms with E-state index in [1.807, 2.05) is 20.8 Å². The minimum absolute atomic E-state index is 0.0202. The molecule has 8 heterocycles. The van der Waals surface area contributed by atoms with E-state index in [4.69, 9.17) is 41.9 Å². The zero-order valence-electron chi connectivity index (χ0n) is 57.0. The smallest absolute Gasteiger partial charge is 0.317 e. The predicted octanol–water partition coefficient (Wildman–Crippen LogP) is 3.62. The van der Waals surface area contributed by atoms with Crippen molar-refractivity contribution in [3.63, 3.8) is 0 Å². The first-order valence-electron chi connectivity index (χ1n) is 33.6. The SMILES string of the molecule is CCCNC(=O)N1CCC[C@@H]1COc1cccc2c1C(N)=NS(=O)(=O)C2.CCCNC(=O)N1CCC[C@H]1COc1cccc2c1C(N)=NS(=O)(=O)C2.CCNC(=O)N1CCC[C@@H]1COc1cccc2c1C(N)=NS(=O)(=O)C2.CNC(=O)N1CCC[C@@H]1COc1cccc2c1C(N)=NS(=O)(=O)C2. The summed E-state index contributed by atoms with van der Waals surface area (Å²) in [6.45, 7) is 11.9. The predicted molar refractivity (Wildman–Crippen MR) is 381 cm³/mol. The largest absolute Gasteiger partial charge is 0.491 e. The third-order valence-corrected chi connectivity index (χ3v) is 22.2. The highest BCUT2D eigenvalue weighted by Gasteiger charge is 2.36. The van der Waals surface area contributed by atoms with Crippen molar-refractivity contribution in [1.29, 1.82) is 0 Å². The molecular weight excluding hydrogens is 1390 g/mol. The first-order valence-corrected chi connectivity index (χ1v) is 40.0. The summed E-state index contributed by atoms with van der Waals surface area (Å²) in [5.41, 5.74) is 27.8. The van der Waals surface area contributed by atoms with Crippen LogP contribution in [0.1, 0.15) is 129 Å². The molecule has 0 saturated carbocycles. The lowest BCUT2D eigenvalue weighted by molar-refractivity contribution is 0.165. The maximum absolute atomic E-state index is 12.2. The monoisotopic (exact) mass is 1480 g/mol. The summed E-state index contributed by atoms with van der Waals surface area (Å²) < 4.78 is 132. The number of nitrogens with one attached hydrogen (secondary N) is 4. The van der Waals surface area contributed by atoms with Gasteiger partial charge in [0.05, 0.1) is 69.4 Å². The summed E-state index contributed by atoms with van der Waals surface area (Å²) in [6, 6.07) is 20.3. The first kappa shape index (κ1) is 76.0. The molecular formula is C65H90N16O16S4. The van der Waals surface area contributed by atoms with Crippen LogP contribution in [0.5, 0.6) is 23.0 Å². The van der Waals surface area contributed by atoms with Gasteiger partial charge in [0.15, 0.2) is 0 Å². The van der Waals surface area contributed by atoms with Gasteiger partial charge in [-0.1, -0.05) is 62.4 Å². The number of benzene rings is 4. The molecule has 32 nitrogen and oxygen atoms in total. The van der Waals surface area contributed by atoms with Crippen molar-refractivity contribution in [1.82, 2.24) is 40.9 Å². The van der Waals surface area contributed by atoms with Crippen molar-refractivity contribution >= 4 is 87.6 Å². The molecule has 4 aromatic carbocycles. The number of fused-ring (bicyclic) bond motifs is 4. The molecule has 0 radical (unpaired) electrons. The van der Waals surface area contributed by atoms with Gasteiger partial charge in [0, 0.05) is 52.9 Å². The number of nitrogens with zero attached hydrogens (tertiary/aromatic N) is 8. The number of rotatable bonds is 17. The van der Waals surface area contributed by atoms with Gasteiger partial charge in [-0.15, -0.1) is 17.6 Å². The van der Waals surface area contributed by atoms with Crippen molar-refractivity contribution < 1.29 is 71.8 Å². The molecule has 0 aromatic heterocycles. The number of hydrogen-bond acceptors (Lipinski definition) is 20. The summed E-state index contributed by atoms with van der Waals surface area (Å²) in [7, 11) is -12.7. The van der Waals surface area contributed by atoms with Gasteiger partial charge in [0.25, 0.3) is 40.1 Å². The number of carbonyl (C=O) groups is 4. The fraction of sp³-hybridized carbons (Fsp3) is 0.508. The molecule has 4 aromatic rings. The lowest BCUT2D eigenvalue weighted by atomic mass is 10.1. The van der Waals surface area contributed by atoms with Crippen molar-refractivity contribution in [2.24, 2.45) is 40.5 Å². The highest BCUT2D eigenvalue weighted by Crippen LogP contribution is 2.34. The van der Waals surface area contributed by atoms with E-state index in [0.717, 1.165) is 64.2 Å². The molecule has 4 saturated heterocycles. The van der Waals surface area contributed by atoms with Crippen molar-refractivity contribution in [3.8, 4) is 23.0 Å². The van der Waals surface area contributed by atoms with Crippen LogP contribution in [0.3, 0.4) is 0 Å². The van der Waals surface area contributed by atoms with Crippen LogP contribution in [-0.4, -0.2) is 204 Å². The summed E-state index contributed by atoms with van der Waals surface area (Å²) in [5.74, 6) is 1.04. The number of ether oxygens (including phenoxy) is 4. The van der Waals surface area contributed by atoms with Crippen molar-refractivity contribution in [2.75, 3.05) is 79.3 Å². The highest BCUT2D eigenvalue weighted by atomic mass is 32.2. The van der Waals surface area contributed by atoms with Crippen LogP contribution < -0.4 is 63.1 Å². The van der Waals surface area contributed by atoms with Gasteiger partial charge in [0.2, 0.25) is 0 Å². The van der Waals surface area contributed by atoms with E-state index in [1.165, 1.54) is 0 Å². The van der Waals surface area contributed by atoms with Crippen LogP contribution in [0, 0.1) is 0 Å². The maximum Gasteiger partial charge on any atom is 0.317 e. The van der Waals surface area contributed by atoms with Gasteiger partial charge in [-0.25, -0.2) is 52.8 Å². The lowest BCUT2D eigenvalue weighted by Gasteiger charge is -2.26. The number of hydrogen-bond donors (Lipinski definition) is 8. The quantitative estimate of drug-likeness (QED) is 0.0748. The minimum Gasteiger partial charge on any atom is -0.491 e. The topological polar surface area (TPSA) is 456 Å². The average Bonchev–Trinajstić information content (AvgIpc) is 1.15. The highest BCUT2D eigenvalue weighted by molar-refractivity contribution is 7.90. The standard InChI is InChI=1S/2C17H24N4O4S.C16H22N4O4S.C15H20N4O4S/c2*1-2-8-19-17(22)21-9-4-6-13(21)10-25-14-7-3-5-12-11-26(23,24)20-16(18)15(12)14;1-2-18-16(21)20-8-4-6-12(20)9-24-13-7-3-5-11-10-25(22,23)19-15(17)14(11)13;1-17-15(20)19-7-3-5-11(19)8-23-12-6-2-4-10-9-24(21,22)18-14(16)13(10)12/h2*3,5,7,13H,2,4,6,8-11H2,1H3,(H2,18,20)(H,19,22);3,5,7,12H,2,4,6,8-10H2,1H3,(H2,17,19)(H,18,21);2,4,6,11H,3,5,7-9H2,1H3,(H2,16,18)(H,17,20)/t2*13-;12-;11-/m1011/s1. The molecule has 12 rings (SSSR count). The van der Waals surface area contributed by atoms with E-state index in [-0.39, 0.29) is 94.6 Å². The fourth-order valence-electron chi connectivity index (χ4n) is 13.0. The van der Waals surface area contributed by atoms with E-state index in [9.17, 15) is 52.8 Å². The normalized spacial score (nSPS) is 21.3. The molecule has 8 amide bonds. The number of amidine groups is 4. The van der Waals surface area contributed by atoms with Crippen LogP contribution in [0.25, 0.3) is 0 Å². The molecule has 8 aliphatic heterocycles. The lowest BCUT2D eigenvalue weighted by Crippen LogP contribution is -2.45. The molecule has 0 aliphatic carbocycles. The molecule has 12 N–H and O–H groups in total. The Labute approximate surface area is 589 Å². The van der Waals surface area contributed by atoms with Gasteiger partial charge in [-0.3, -0.25) is 0 Å². The zero-order chi connectivity index (χ0) is 72.8. The number of amides is 8. The molecule has 4 atom stereocenters. The number of carbonyl (C=O) groups excluding carboxylic acids is 4. The Kier molecular flexibility index (Phi) is 25.3. The van der Waals surface area contributed by atoms with E-state index < -0.39 is 40.1 Å². The van der Waals surface area contributed by atoms with Crippen molar-refractivity contribution in [3.05, 3.63) is 117 Å². The first-order chi connectivity index (χ1) is 48.1. The Morgan fingerprint density at radius 2 is 0.653 bits per heavy atom. The molecule has 550 valence electrons. The summed E-state index contributed by atoms with van der Waals surface area (Å²) in [4.78, 5) is 55.5. The Hall–Kier alpha value is -9.16. The van der Waals surface area contributed by atoms with Gasteiger partial charge in [-0.05, 0) is 118 Å². The summed E-state index contributed by atoms with van der Waals surface area (Å²) in [5, 5.41) is 11.2. The molecule has 8 aliphatic rings. The van der Waals surface area contributed by atoms with Gasteiger partial charge < -0.3 is 82.7 Å². The second kappa shape index (κ2) is 33.5. The summed E-state index contributed by atoms with van der Waals surface area (Å²) >= 11 is 0. The Balaban J connectivity index is 0.000000157. The number of likely N-dealkylation sites (tertiary alicyclic amines) is 4. The van der Waals surface area contributed by atoms with Crippen LogP contribution in [0.4, 0.5) is 19.2 Å². The number of nitrogens with two attached hydrogens (primary N) is 4. The molecule has 0 bridgehead atoms. The Morgan fingerprint density at radius 1 is 0.406 bits per heavy atom. The van der Waals surface area contributed by atoms with E-state index >= 15 is 0 Å². The van der Waals surface area contributed by atoms with Crippen LogP contribution in [0.2, 0.25) is 0 Å². The molecule has 0 unspecified atom stereocenters. The molecule has 101 heavy (non-hydrogen) atoms. The van der Waals surface area contributed by atoms with Crippen LogP contribution >= 0.6 is 0 Å². The molecule has 0 spiro atoms.